The minimum Gasteiger partial charge on any atom is -0.390 e. The molecular weight excluding hydrogens is 214 g/mol. The molecule has 0 radical (unpaired) electrons. The Bertz CT molecular complexity index is 201. The van der Waals surface area contributed by atoms with Crippen LogP contribution >= 0.6 is 0 Å². The Balaban J connectivity index is 2.28. The predicted molar refractivity (Wildman–Crippen MR) is 72.3 cm³/mol. The lowest BCUT2D eigenvalue weighted by molar-refractivity contribution is 0.0914. The van der Waals surface area contributed by atoms with Crippen LogP contribution in [0.2, 0.25) is 0 Å². The van der Waals surface area contributed by atoms with Crippen LogP contribution in [0.3, 0.4) is 0 Å². The molecule has 102 valence electrons. The molecule has 2 atom stereocenters. The highest BCUT2D eigenvalue weighted by Gasteiger charge is 2.21. The van der Waals surface area contributed by atoms with E-state index in [9.17, 15) is 5.11 Å². The molecule has 1 rings (SSSR count). The molecule has 1 heterocycles. The van der Waals surface area contributed by atoms with E-state index in [0.717, 1.165) is 32.6 Å². The van der Waals surface area contributed by atoms with Gasteiger partial charge in [-0.3, -0.25) is 4.90 Å². The molecule has 1 aliphatic heterocycles. The number of rotatable bonds is 6. The van der Waals surface area contributed by atoms with Crippen molar-refractivity contribution in [1.29, 1.82) is 0 Å². The Morgan fingerprint density at radius 1 is 1.41 bits per heavy atom. The van der Waals surface area contributed by atoms with Gasteiger partial charge in [-0.05, 0) is 46.4 Å². The topological polar surface area (TPSA) is 38.7 Å². The fraction of sp³-hybridized carbons (Fsp3) is 1.00. The molecule has 0 aromatic rings. The first-order valence-corrected chi connectivity index (χ1v) is 6.94. The highest BCUT2D eigenvalue weighted by atomic mass is 16.3. The first-order chi connectivity index (χ1) is 8.13. The number of nitrogens with one attached hydrogen (secondary N) is 1. The van der Waals surface area contributed by atoms with E-state index in [2.05, 4.69) is 36.0 Å². The second-order valence-electron chi connectivity index (χ2n) is 5.32. The van der Waals surface area contributed by atoms with Crippen LogP contribution in [0.25, 0.3) is 0 Å². The lowest BCUT2D eigenvalue weighted by Crippen LogP contribution is -2.44. The van der Waals surface area contributed by atoms with Crippen LogP contribution in [-0.2, 0) is 0 Å². The summed E-state index contributed by atoms with van der Waals surface area (Å²) in [4.78, 5) is 4.80. The van der Waals surface area contributed by atoms with Crippen molar-refractivity contribution in [2.75, 3.05) is 46.3 Å². The van der Waals surface area contributed by atoms with Gasteiger partial charge in [-0.2, -0.15) is 0 Å². The summed E-state index contributed by atoms with van der Waals surface area (Å²) in [6, 6.07) is 0.545. The molecular formula is C13H29N3O. The quantitative estimate of drug-likeness (QED) is 0.661. The third kappa shape index (κ3) is 5.82. The van der Waals surface area contributed by atoms with Gasteiger partial charge >= 0.3 is 0 Å². The number of hydrogen-bond donors (Lipinski definition) is 2. The Labute approximate surface area is 106 Å². The largest absolute Gasteiger partial charge is 0.390 e. The van der Waals surface area contributed by atoms with Crippen LogP contribution < -0.4 is 5.32 Å². The van der Waals surface area contributed by atoms with Gasteiger partial charge in [0.2, 0.25) is 0 Å². The van der Waals surface area contributed by atoms with Crippen LogP contribution in [0.4, 0.5) is 0 Å². The van der Waals surface area contributed by atoms with Crippen molar-refractivity contribution in [3.05, 3.63) is 0 Å². The summed E-state index contributed by atoms with van der Waals surface area (Å²) in [5.74, 6) is 0. The molecule has 0 saturated carbocycles. The average Bonchev–Trinajstić information content (AvgIpc) is 2.41. The SMILES string of the molecule is CCCNCC(O)CN1CCCN(C)CC1C. The van der Waals surface area contributed by atoms with E-state index >= 15 is 0 Å². The van der Waals surface area contributed by atoms with Gasteiger partial charge in [-0.1, -0.05) is 6.92 Å². The van der Waals surface area contributed by atoms with Crippen LogP contribution in [0, 0.1) is 0 Å². The Morgan fingerprint density at radius 2 is 2.18 bits per heavy atom. The van der Waals surface area contributed by atoms with Crippen molar-refractivity contribution < 1.29 is 5.11 Å². The van der Waals surface area contributed by atoms with Crippen LogP contribution in [-0.4, -0.2) is 73.4 Å². The number of likely N-dealkylation sites (N-methyl/N-ethyl adjacent to an activating group) is 1. The van der Waals surface area contributed by atoms with E-state index < -0.39 is 0 Å². The first-order valence-electron chi connectivity index (χ1n) is 6.94. The van der Waals surface area contributed by atoms with Gasteiger partial charge in [-0.15, -0.1) is 0 Å². The lowest BCUT2D eigenvalue weighted by Gasteiger charge is -2.29. The summed E-state index contributed by atoms with van der Waals surface area (Å²) in [7, 11) is 2.18. The van der Waals surface area contributed by atoms with Gasteiger partial charge in [0.25, 0.3) is 0 Å². The molecule has 1 aliphatic rings. The maximum absolute atomic E-state index is 9.99. The van der Waals surface area contributed by atoms with E-state index in [0.29, 0.717) is 12.6 Å². The highest BCUT2D eigenvalue weighted by molar-refractivity contribution is 4.77. The third-order valence-corrected chi connectivity index (χ3v) is 3.44. The number of hydrogen-bond acceptors (Lipinski definition) is 4. The summed E-state index contributed by atoms with van der Waals surface area (Å²) in [6.07, 6.45) is 2.08. The molecule has 2 N–H and O–H groups in total. The van der Waals surface area contributed by atoms with E-state index in [1.54, 1.807) is 0 Å². The Morgan fingerprint density at radius 3 is 2.88 bits per heavy atom. The second kappa shape index (κ2) is 8.03. The highest BCUT2D eigenvalue weighted by Crippen LogP contribution is 2.08. The summed E-state index contributed by atoms with van der Waals surface area (Å²) >= 11 is 0. The normalized spacial score (nSPS) is 25.8. The molecule has 0 aromatic heterocycles. The summed E-state index contributed by atoms with van der Waals surface area (Å²) in [6.45, 7) is 10.3. The minimum absolute atomic E-state index is 0.243. The standard InChI is InChI=1S/C13H29N3O/c1-4-6-14-9-13(17)11-16-8-5-7-15(3)10-12(16)2/h12-14,17H,4-11H2,1-3H3. The van der Waals surface area contributed by atoms with Crippen molar-refractivity contribution in [2.24, 2.45) is 0 Å². The molecule has 4 heteroatoms. The maximum atomic E-state index is 9.99. The number of aliphatic hydroxyl groups excluding tert-OH is 1. The first kappa shape index (κ1) is 14.9. The van der Waals surface area contributed by atoms with Crippen molar-refractivity contribution in [2.45, 2.75) is 38.8 Å². The fourth-order valence-electron chi connectivity index (χ4n) is 2.47. The third-order valence-electron chi connectivity index (χ3n) is 3.44. The lowest BCUT2D eigenvalue weighted by atomic mass is 10.2. The maximum Gasteiger partial charge on any atom is 0.0791 e. The van der Waals surface area contributed by atoms with E-state index in [1.807, 2.05) is 0 Å². The molecule has 0 aliphatic carbocycles. The molecule has 0 aromatic carbocycles. The van der Waals surface area contributed by atoms with Crippen molar-refractivity contribution >= 4 is 0 Å². The zero-order valence-corrected chi connectivity index (χ0v) is 11.7. The number of nitrogens with zero attached hydrogens (tertiary/aromatic N) is 2. The van der Waals surface area contributed by atoms with Crippen molar-refractivity contribution in [3.8, 4) is 0 Å². The average molecular weight is 243 g/mol. The van der Waals surface area contributed by atoms with Crippen molar-refractivity contribution in [3.63, 3.8) is 0 Å². The summed E-state index contributed by atoms with van der Waals surface area (Å²) in [5, 5.41) is 13.3. The van der Waals surface area contributed by atoms with Crippen molar-refractivity contribution in [1.82, 2.24) is 15.1 Å². The molecule has 17 heavy (non-hydrogen) atoms. The molecule has 1 fully saturated rings. The molecule has 0 spiro atoms. The van der Waals surface area contributed by atoms with E-state index in [4.69, 9.17) is 0 Å². The zero-order chi connectivity index (χ0) is 12.7. The predicted octanol–water partition coefficient (Wildman–Crippen LogP) is 0.373. The van der Waals surface area contributed by atoms with Crippen LogP contribution in [0.15, 0.2) is 0 Å². The molecule has 0 amide bonds. The summed E-state index contributed by atoms with van der Waals surface area (Å²) in [5.41, 5.74) is 0. The Kier molecular flexibility index (Phi) is 7.04. The minimum atomic E-state index is -0.243. The summed E-state index contributed by atoms with van der Waals surface area (Å²) < 4.78 is 0. The van der Waals surface area contributed by atoms with Crippen LogP contribution in [0.1, 0.15) is 26.7 Å². The van der Waals surface area contributed by atoms with Gasteiger partial charge < -0.3 is 15.3 Å². The zero-order valence-electron chi connectivity index (χ0n) is 11.7. The monoisotopic (exact) mass is 243 g/mol. The molecule has 1 saturated heterocycles. The second-order valence-corrected chi connectivity index (χ2v) is 5.32. The molecule has 0 bridgehead atoms. The number of β-amino-alcohol motifs (C(OH)–C–C–N with tert-alkyl or cyclic N) is 1. The number of aliphatic hydroxyl groups is 1. The van der Waals surface area contributed by atoms with Crippen LogP contribution in [0.5, 0.6) is 0 Å². The smallest absolute Gasteiger partial charge is 0.0791 e. The van der Waals surface area contributed by atoms with Gasteiger partial charge in [0.05, 0.1) is 6.10 Å². The van der Waals surface area contributed by atoms with Gasteiger partial charge in [0.1, 0.15) is 0 Å². The van der Waals surface area contributed by atoms with Gasteiger partial charge in [0, 0.05) is 25.7 Å². The van der Waals surface area contributed by atoms with Gasteiger partial charge in [-0.25, -0.2) is 0 Å². The van der Waals surface area contributed by atoms with E-state index in [1.165, 1.54) is 13.0 Å². The Hall–Kier alpha value is -0.160. The van der Waals surface area contributed by atoms with Gasteiger partial charge in [0.15, 0.2) is 0 Å². The van der Waals surface area contributed by atoms with E-state index in [-0.39, 0.29) is 6.10 Å². The molecule has 2 unspecified atom stereocenters. The fourth-order valence-corrected chi connectivity index (χ4v) is 2.47. The molecule has 4 nitrogen and oxygen atoms in total.